The first-order valence-corrected chi connectivity index (χ1v) is 4.42. The molecular weight excluding hydrogens is 138 g/mol. The van der Waals surface area contributed by atoms with Crippen LogP contribution in [0.25, 0.3) is 0 Å². The van der Waals surface area contributed by atoms with Gasteiger partial charge in [0.15, 0.2) is 0 Å². The minimum Gasteiger partial charge on any atom is -0.377 e. The van der Waals surface area contributed by atoms with Crippen LogP contribution in [-0.4, -0.2) is 18.2 Å². The summed E-state index contributed by atoms with van der Waals surface area (Å²) >= 11 is 0. The van der Waals surface area contributed by atoms with Gasteiger partial charge in [-0.25, -0.2) is 0 Å². The van der Waals surface area contributed by atoms with Gasteiger partial charge in [-0.1, -0.05) is 13.8 Å². The maximum Gasteiger partial charge on any atom is 0.0646 e. The van der Waals surface area contributed by atoms with Gasteiger partial charge in [0, 0.05) is 5.54 Å². The van der Waals surface area contributed by atoms with Gasteiger partial charge in [-0.2, -0.15) is 0 Å². The van der Waals surface area contributed by atoms with E-state index in [-0.39, 0.29) is 5.54 Å². The Morgan fingerprint density at radius 3 is 2.36 bits per heavy atom. The van der Waals surface area contributed by atoms with Crippen molar-refractivity contribution >= 4 is 0 Å². The van der Waals surface area contributed by atoms with E-state index in [0.717, 1.165) is 12.8 Å². The molecule has 0 saturated carbocycles. The van der Waals surface area contributed by atoms with Crippen LogP contribution in [0.5, 0.6) is 0 Å². The first kappa shape index (κ1) is 10.9. The van der Waals surface area contributed by atoms with Crippen molar-refractivity contribution in [1.29, 1.82) is 0 Å². The first-order chi connectivity index (χ1) is 5.02. The molecule has 68 valence electrons. The fraction of sp³-hybridized carbons (Fsp3) is 1.00. The van der Waals surface area contributed by atoms with Gasteiger partial charge in [0.25, 0.3) is 0 Å². The predicted octanol–water partition coefficient (Wildman–Crippen LogP) is 1.93. The minimum atomic E-state index is -0.149. The summed E-state index contributed by atoms with van der Waals surface area (Å²) < 4.78 is 5.52. The highest BCUT2D eigenvalue weighted by Gasteiger charge is 2.16. The zero-order chi connectivity index (χ0) is 8.91. The van der Waals surface area contributed by atoms with Crippen LogP contribution in [0.15, 0.2) is 0 Å². The van der Waals surface area contributed by atoms with Gasteiger partial charge >= 0.3 is 0 Å². The van der Waals surface area contributed by atoms with Crippen LogP contribution in [0.4, 0.5) is 0 Å². The summed E-state index contributed by atoms with van der Waals surface area (Å²) in [6, 6.07) is 0. The van der Waals surface area contributed by atoms with E-state index in [1.165, 1.54) is 0 Å². The van der Waals surface area contributed by atoms with Crippen LogP contribution in [0.2, 0.25) is 0 Å². The highest BCUT2D eigenvalue weighted by atomic mass is 16.5. The van der Waals surface area contributed by atoms with E-state index in [1.807, 2.05) is 6.92 Å². The normalized spacial score (nSPS) is 19.4. The summed E-state index contributed by atoms with van der Waals surface area (Å²) in [4.78, 5) is 0. The molecule has 0 aromatic carbocycles. The van der Waals surface area contributed by atoms with Gasteiger partial charge in [-0.05, 0) is 26.7 Å². The molecule has 0 aliphatic rings. The maximum absolute atomic E-state index is 5.89. The molecule has 0 amide bonds. The van der Waals surface area contributed by atoms with Gasteiger partial charge in [-0.15, -0.1) is 0 Å². The van der Waals surface area contributed by atoms with E-state index < -0.39 is 0 Å². The Balaban J connectivity index is 3.52. The molecule has 0 heterocycles. The summed E-state index contributed by atoms with van der Waals surface area (Å²) in [5, 5.41) is 0. The van der Waals surface area contributed by atoms with Gasteiger partial charge in [-0.3, -0.25) is 0 Å². The molecule has 0 fully saturated rings. The Morgan fingerprint density at radius 2 is 2.00 bits per heavy atom. The Labute approximate surface area is 70.1 Å². The molecule has 2 N–H and O–H groups in total. The zero-order valence-electron chi connectivity index (χ0n) is 8.18. The van der Waals surface area contributed by atoms with Gasteiger partial charge in [0.1, 0.15) is 0 Å². The fourth-order valence-corrected chi connectivity index (χ4v) is 0.553. The molecule has 0 aromatic rings. The molecule has 2 atom stereocenters. The third-order valence-corrected chi connectivity index (χ3v) is 2.08. The molecule has 0 aliphatic carbocycles. The number of hydrogen-bond donors (Lipinski definition) is 1. The molecule has 0 radical (unpaired) electrons. The smallest absolute Gasteiger partial charge is 0.0646 e. The molecule has 11 heavy (non-hydrogen) atoms. The molecule has 0 saturated heterocycles. The molecule has 0 aromatic heterocycles. The lowest BCUT2D eigenvalue weighted by molar-refractivity contribution is 0.0314. The molecule has 2 nitrogen and oxygen atoms in total. The SMILES string of the molecule is CCC(C)OCC(C)(N)CC. The summed E-state index contributed by atoms with van der Waals surface area (Å²) in [6.45, 7) is 8.96. The Morgan fingerprint density at radius 1 is 1.45 bits per heavy atom. The lowest BCUT2D eigenvalue weighted by Gasteiger charge is -2.24. The average Bonchev–Trinajstić information content (AvgIpc) is 2.00. The standard InChI is InChI=1S/C9H21NO/c1-5-8(3)11-7-9(4,10)6-2/h8H,5-7,10H2,1-4H3. The Kier molecular flexibility index (Phi) is 4.69. The van der Waals surface area contributed by atoms with Crippen LogP contribution >= 0.6 is 0 Å². The molecule has 0 rings (SSSR count). The van der Waals surface area contributed by atoms with E-state index in [2.05, 4.69) is 20.8 Å². The zero-order valence-corrected chi connectivity index (χ0v) is 8.18. The summed E-state index contributed by atoms with van der Waals surface area (Å²) in [5.74, 6) is 0. The lowest BCUT2D eigenvalue weighted by atomic mass is 10.0. The van der Waals surface area contributed by atoms with Crippen molar-refractivity contribution in [2.75, 3.05) is 6.61 Å². The third-order valence-electron chi connectivity index (χ3n) is 2.08. The number of hydrogen-bond acceptors (Lipinski definition) is 2. The fourth-order valence-electron chi connectivity index (χ4n) is 0.553. The van der Waals surface area contributed by atoms with Gasteiger partial charge < -0.3 is 10.5 Å². The van der Waals surface area contributed by atoms with E-state index in [1.54, 1.807) is 0 Å². The average molecular weight is 159 g/mol. The second kappa shape index (κ2) is 4.73. The van der Waals surface area contributed by atoms with Crippen molar-refractivity contribution in [3.05, 3.63) is 0 Å². The monoisotopic (exact) mass is 159 g/mol. The Bertz CT molecular complexity index is 102. The quantitative estimate of drug-likeness (QED) is 0.665. The second-order valence-corrected chi connectivity index (χ2v) is 3.54. The van der Waals surface area contributed by atoms with E-state index in [0.29, 0.717) is 12.7 Å². The van der Waals surface area contributed by atoms with Crippen LogP contribution in [-0.2, 0) is 4.74 Å². The van der Waals surface area contributed by atoms with Crippen molar-refractivity contribution in [3.63, 3.8) is 0 Å². The van der Waals surface area contributed by atoms with Crippen LogP contribution in [0.3, 0.4) is 0 Å². The first-order valence-electron chi connectivity index (χ1n) is 4.42. The van der Waals surface area contributed by atoms with Crippen molar-refractivity contribution in [1.82, 2.24) is 0 Å². The van der Waals surface area contributed by atoms with Crippen LogP contribution < -0.4 is 5.73 Å². The van der Waals surface area contributed by atoms with Gasteiger partial charge in [0.05, 0.1) is 12.7 Å². The summed E-state index contributed by atoms with van der Waals surface area (Å²) in [7, 11) is 0. The van der Waals surface area contributed by atoms with Gasteiger partial charge in [0.2, 0.25) is 0 Å². The van der Waals surface area contributed by atoms with E-state index in [4.69, 9.17) is 10.5 Å². The van der Waals surface area contributed by atoms with Crippen LogP contribution in [0.1, 0.15) is 40.5 Å². The topological polar surface area (TPSA) is 35.2 Å². The molecule has 2 heteroatoms. The van der Waals surface area contributed by atoms with E-state index >= 15 is 0 Å². The van der Waals surface area contributed by atoms with Crippen molar-refractivity contribution in [2.45, 2.75) is 52.2 Å². The largest absolute Gasteiger partial charge is 0.377 e. The number of ether oxygens (including phenoxy) is 1. The number of rotatable bonds is 5. The molecular formula is C9H21NO. The molecule has 2 unspecified atom stereocenters. The minimum absolute atomic E-state index is 0.149. The maximum atomic E-state index is 5.89. The van der Waals surface area contributed by atoms with Crippen molar-refractivity contribution < 1.29 is 4.74 Å². The van der Waals surface area contributed by atoms with Crippen molar-refractivity contribution in [3.8, 4) is 0 Å². The lowest BCUT2D eigenvalue weighted by Crippen LogP contribution is -2.41. The number of nitrogens with two attached hydrogens (primary N) is 1. The van der Waals surface area contributed by atoms with Crippen molar-refractivity contribution in [2.24, 2.45) is 5.73 Å². The summed E-state index contributed by atoms with van der Waals surface area (Å²) in [5.41, 5.74) is 5.74. The summed E-state index contributed by atoms with van der Waals surface area (Å²) in [6.07, 6.45) is 2.35. The van der Waals surface area contributed by atoms with Crippen LogP contribution in [0, 0.1) is 0 Å². The molecule has 0 aliphatic heterocycles. The van der Waals surface area contributed by atoms with E-state index in [9.17, 15) is 0 Å². The second-order valence-electron chi connectivity index (χ2n) is 3.54. The highest BCUT2D eigenvalue weighted by Crippen LogP contribution is 2.07. The predicted molar refractivity (Wildman–Crippen MR) is 48.6 cm³/mol. The molecule has 0 spiro atoms. The molecule has 0 bridgehead atoms. The highest BCUT2D eigenvalue weighted by molar-refractivity contribution is 4.75. The third kappa shape index (κ3) is 5.22. The Hall–Kier alpha value is -0.0800.